The molecule has 0 bridgehead atoms. The van der Waals surface area contributed by atoms with Gasteiger partial charge in [0.05, 0.1) is 17.9 Å². The van der Waals surface area contributed by atoms with Crippen molar-refractivity contribution >= 4 is 0 Å². The molecule has 1 unspecified atom stereocenters. The second kappa shape index (κ2) is 6.06. The van der Waals surface area contributed by atoms with Crippen molar-refractivity contribution in [3.63, 3.8) is 0 Å². The highest BCUT2D eigenvalue weighted by molar-refractivity contribution is 5.17. The van der Waals surface area contributed by atoms with Crippen molar-refractivity contribution < 1.29 is 0 Å². The van der Waals surface area contributed by atoms with E-state index >= 15 is 0 Å². The summed E-state index contributed by atoms with van der Waals surface area (Å²) in [5.74, 6) is 0. The van der Waals surface area contributed by atoms with Gasteiger partial charge in [0.25, 0.3) is 0 Å². The maximum Gasteiger partial charge on any atom is 0.0639 e. The molecule has 0 aromatic carbocycles. The first-order valence-electron chi connectivity index (χ1n) is 6.98. The summed E-state index contributed by atoms with van der Waals surface area (Å²) in [7, 11) is 2.00. The van der Waals surface area contributed by atoms with Gasteiger partial charge in [0.1, 0.15) is 0 Å². The molecule has 19 heavy (non-hydrogen) atoms. The normalized spacial score (nSPS) is 12.8. The van der Waals surface area contributed by atoms with Gasteiger partial charge >= 0.3 is 0 Å². The van der Waals surface area contributed by atoms with Gasteiger partial charge in [-0.15, -0.1) is 0 Å². The zero-order chi connectivity index (χ0) is 13.8. The molecule has 0 aliphatic heterocycles. The van der Waals surface area contributed by atoms with E-state index in [-0.39, 0.29) is 0 Å². The lowest BCUT2D eigenvalue weighted by atomic mass is 10.2. The highest BCUT2D eigenvalue weighted by Gasteiger charge is 2.07. The summed E-state index contributed by atoms with van der Waals surface area (Å²) in [4.78, 5) is 0. The zero-order valence-electron chi connectivity index (χ0n) is 12.3. The van der Waals surface area contributed by atoms with Gasteiger partial charge in [-0.3, -0.25) is 4.68 Å². The van der Waals surface area contributed by atoms with Gasteiger partial charge in [-0.05, 0) is 44.5 Å². The lowest BCUT2D eigenvalue weighted by Crippen LogP contribution is -2.18. The minimum atomic E-state index is 0.412. The van der Waals surface area contributed by atoms with Gasteiger partial charge in [0, 0.05) is 25.5 Å². The zero-order valence-corrected chi connectivity index (χ0v) is 12.3. The standard InChI is InChI=1S/C15H24N4/c1-5-7-16-13(3)14-6-8-19(10-14)11-15-9-12(2)17-18(15)4/h6,8-10,13,16H,5,7,11H2,1-4H3. The molecular formula is C15H24N4. The van der Waals surface area contributed by atoms with Crippen LogP contribution in [0.15, 0.2) is 24.5 Å². The number of hydrogen-bond donors (Lipinski definition) is 1. The third-order valence-corrected chi connectivity index (χ3v) is 3.42. The molecule has 1 atom stereocenters. The summed E-state index contributed by atoms with van der Waals surface area (Å²) >= 11 is 0. The monoisotopic (exact) mass is 260 g/mol. The summed E-state index contributed by atoms with van der Waals surface area (Å²) < 4.78 is 4.17. The Morgan fingerprint density at radius 1 is 1.42 bits per heavy atom. The van der Waals surface area contributed by atoms with Crippen LogP contribution >= 0.6 is 0 Å². The summed E-state index contributed by atoms with van der Waals surface area (Å²) in [6, 6.07) is 4.74. The molecular weight excluding hydrogens is 236 g/mol. The van der Waals surface area contributed by atoms with Crippen LogP contribution in [-0.2, 0) is 13.6 Å². The molecule has 0 fully saturated rings. The first-order chi connectivity index (χ1) is 9.10. The van der Waals surface area contributed by atoms with E-state index in [2.05, 4.69) is 53.4 Å². The largest absolute Gasteiger partial charge is 0.348 e. The number of aryl methyl sites for hydroxylation is 2. The van der Waals surface area contributed by atoms with Crippen molar-refractivity contribution in [2.45, 2.75) is 39.8 Å². The molecule has 4 heteroatoms. The van der Waals surface area contributed by atoms with Crippen LogP contribution < -0.4 is 5.32 Å². The van der Waals surface area contributed by atoms with E-state index in [0.29, 0.717) is 6.04 Å². The lowest BCUT2D eigenvalue weighted by molar-refractivity contribution is 0.569. The molecule has 0 saturated heterocycles. The molecule has 0 aliphatic carbocycles. The van der Waals surface area contributed by atoms with Crippen molar-refractivity contribution in [2.75, 3.05) is 6.54 Å². The highest BCUT2D eigenvalue weighted by Crippen LogP contribution is 2.14. The molecule has 0 saturated carbocycles. The van der Waals surface area contributed by atoms with E-state index in [1.165, 1.54) is 17.7 Å². The quantitative estimate of drug-likeness (QED) is 0.866. The Morgan fingerprint density at radius 3 is 2.84 bits per heavy atom. The van der Waals surface area contributed by atoms with Crippen LogP contribution in [0.3, 0.4) is 0 Å². The third kappa shape index (κ3) is 3.47. The summed E-state index contributed by atoms with van der Waals surface area (Å²) in [5, 5.41) is 7.89. The first-order valence-corrected chi connectivity index (χ1v) is 6.98. The molecule has 0 spiro atoms. The summed E-state index contributed by atoms with van der Waals surface area (Å²) in [6.07, 6.45) is 5.52. The number of rotatable bonds is 6. The summed E-state index contributed by atoms with van der Waals surface area (Å²) in [5.41, 5.74) is 3.64. The Labute approximate surface area is 115 Å². The molecule has 0 amide bonds. The van der Waals surface area contributed by atoms with Crippen molar-refractivity contribution in [3.8, 4) is 0 Å². The van der Waals surface area contributed by atoms with Gasteiger partial charge < -0.3 is 9.88 Å². The predicted octanol–water partition coefficient (Wildman–Crippen LogP) is 2.64. The highest BCUT2D eigenvalue weighted by atomic mass is 15.3. The fraction of sp³-hybridized carbons (Fsp3) is 0.533. The SMILES string of the molecule is CCCNC(C)c1ccn(Cc2cc(C)nn2C)c1. The van der Waals surface area contributed by atoms with Crippen molar-refractivity contribution in [2.24, 2.45) is 7.05 Å². The average Bonchev–Trinajstić information content (AvgIpc) is 2.94. The molecule has 2 rings (SSSR count). The van der Waals surface area contributed by atoms with Crippen molar-refractivity contribution in [1.29, 1.82) is 0 Å². The van der Waals surface area contributed by atoms with Crippen molar-refractivity contribution in [1.82, 2.24) is 19.7 Å². The smallest absolute Gasteiger partial charge is 0.0639 e. The fourth-order valence-corrected chi connectivity index (χ4v) is 2.29. The molecule has 2 heterocycles. The van der Waals surface area contributed by atoms with Crippen LogP contribution in [0.2, 0.25) is 0 Å². The number of aromatic nitrogens is 3. The topological polar surface area (TPSA) is 34.8 Å². The molecule has 2 aromatic rings. The minimum Gasteiger partial charge on any atom is -0.348 e. The maximum absolute atomic E-state index is 4.38. The molecule has 0 radical (unpaired) electrons. The van der Waals surface area contributed by atoms with Gasteiger partial charge in [0.15, 0.2) is 0 Å². The molecule has 2 aromatic heterocycles. The van der Waals surface area contributed by atoms with E-state index in [1.54, 1.807) is 0 Å². The second-order valence-corrected chi connectivity index (χ2v) is 5.19. The Morgan fingerprint density at radius 2 is 2.21 bits per heavy atom. The van der Waals surface area contributed by atoms with Crippen LogP contribution in [0.5, 0.6) is 0 Å². The van der Waals surface area contributed by atoms with E-state index in [1.807, 2.05) is 18.7 Å². The van der Waals surface area contributed by atoms with Crippen LogP contribution in [0.25, 0.3) is 0 Å². The van der Waals surface area contributed by atoms with Gasteiger partial charge in [-0.1, -0.05) is 6.92 Å². The average molecular weight is 260 g/mol. The van der Waals surface area contributed by atoms with E-state index in [0.717, 1.165) is 18.8 Å². The number of hydrogen-bond acceptors (Lipinski definition) is 2. The van der Waals surface area contributed by atoms with Gasteiger partial charge in [0.2, 0.25) is 0 Å². The van der Waals surface area contributed by atoms with Crippen LogP contribution in [-0.4, -0.2) is 20.9 Å². The Kier molecular flexibility index (Phi) is 4.43. The lowest BCUT2D eigenvalue weighted by Gasteiger charge is -2.11. The second-order valence-electron chi connectivity index (χ2n) is 5.19. The third-order valence-electron chi connectivity index (χ3n) is 3.42. The summed E-state index contributed by atoms with van der Waals surface area (Å²) in [6.45, 7) is 8.37. The minimum absolute atomic E-state index is 0.412. The molecule has 1 N–H and O–H groups in total. The molecule has 0 aliphatic rings. The van der Waals surface area contributed by atoms with Crippen LogP contribution in [0.4, 0.5) is 0 Å². The number of nitrogens with one attached hydrogen (secondary N) is 1. The van der Waals surface area contributed by atoms with Crippen LogP contribution in [0.1, 0.15) is 43.3 Å². The Hall–Kier alpha value is -1.55. The van der Waals surface area contributed by atoms with Crippen LogP contribution in [0, 0.1) is 6.92 Å². The van der Waals surface area contributed by atoms with Gasteiger partial charge in [-0.2, -0.15) is 5.10 Å². The predicted molar refractivity (Wildman–Crippen MR) is 78.2 cm³/mol. The van der Waals surface area contributed by atoms with Crippen molar-refractivity contribution in [3.05, 3.63) is 41.5 Å². The Balaban J connectivity index is 2.03. The fourth-order valence-electron chi connectivity index (χ4n) is 2.29. The molecule has 104 valence electrons. The van der Waals surface area contributed by atoms with E-state index < -0.39 is 0 Å². The van der Waals surface area contributed by atoms with E-state index in [4.69, 9.17) is 0 Å². The number of nitrogens with zero attached hydrogens (tertiary/aromatic N) is 3. The first kappa shape index (κ1) is 13.9. The van der Waals surface area contributed by atoms with E-state index in [9.17, 15) is 0 Å². The Bertz CT molecular complexity index is 524. The van der Waals surface area contributed by atoms with Gasteiger partial charge in [-0.25, -0.2) is 0 Å². The maximum atomic E-state index is 4.38. The molecule has 4 nitrogen and oxygen atoms in total.